The lowest BCUT2D eigenvalue weighted by molar-refractivity contribution is -0.384. The Hall–Kier alpha value is -3.83. The van der Waals surface area contributed by atoms with Crippen LogP contribution in [0.15, 0.2) is 69.3 Å². The molecule has 0 atom stereocenters. The number of benzene rings is 2. The molecule has 2 aromatic carbocycles. The number of nitro benzene ring substituents is 1. The zero-order valence-corrected chi connectivity index (χ0v) is 21.9. The van der Waals surface area contributed by atoms with Gasteiger partial charge in [-0.1, -0.05) is 11.8 Å². The molecule has 37 heavy (non-hydrogen) atoms. The molecule has 1 fully saturated rings. The highest BCUT2D eigenvalue weighted by atomic mass is 32.2. The number of carbonyl (C=O) groups is 3. The summed E-state index contributed by atoms with van der Waals surface area (Å²) in [6, 6.07) is 16.2. The molecule has 0 N–H and O–H groups in total. The van der Waals surface area contributed by atoms with Gasteiger partial charge in [0, 0.05) is 39.0 Å². The van der Waals surface area contributed by atoms with Crippen molar-refractivity contribution in [3.8, 4) is 5.69 Å². The molecule has 2 amide bonds. The molecule has 1 saturated heterocycles. The standard InChI is InChI=1S/C26H23N3O6S2/c1-4-35-24(30)15-27-25(31)23(37-26(27)32)14-18-13-16(2)28(17(18)3)19-5-9-21(10-6-19)36-22-11-7-20(8-12-22)29(33)34/h5-14H,4,15H2,1-3H3/b23-14+. The average molecular weight is 538 g/mol. The molecule has 0 spiro atoms. The van der Waals surface area contributed by atoms with E-state index in [-0.39, 0.29) is 17.2 Å². The van der Waals surface area contributed by atoms with Crippen LogP contribution in [-0.4, -0.2) is 44.7 Å². The molecule has 2 heterocycles. The summed E-state index contributed by atoms with van der Waals surface area (Å²) in [5.74, 6) is -1.14. The van der Waals surface area contributed by atoms with Gasteiger partial charge in [0.1, 0.15) is 6.54 Å². The molecule has 0 aliphatic carbocycles. The van der Waals surface area contributed by atoms with Gasteiger partial charge in [-0.25, -0.2) is 0 Å². The summed E-state index contributed by atoms with van der Waals surface area (Å²) >= 11 is 2.31. The Labute approximate surface area is 221 Å². The van der Waals surface area contributed by atoms with Gasteiger partial charge in [0.15, 0.2) is 0 Å². The molecular weight excluding hydrogens is 514 g/mol. The summed E-state index contributed by atoms with van der Waals surface area (Å²) in [5, 5.41) is 10.3. The number of hydrogen-bond acceptors (Lipinski definition) is 8. The summed E-state index contributed by atoms with van der Waals surface area (Å²) in [6.07, 6.45) is 1.67. The van der Waals surface area contributed by atoms with Crippen molar-refractivity contribution in [2.75, 3.05) is 13.2 Å². The van der Waals surface area contributed by atoms with Gasteiger partial charge in [-0.3, -0.25) is 29.4 Å². The first-order chi connectivity index (χ1) is 17.7. The predicted molar refractivity (Wildman–Crippen MR) is 142 cm³/mol. The lowest BCUT2D eigenvalue weighted by Crippen LogP contribution is -2.34. The zero-order valence-electron chi connectivity index (χ0n) is 20.3. The van der Waals surface area contributed by atoms with E-state index in [1.54, 1.807) is 25.1 Å². The lowest BCUT2D eigenvalue weighted by Gasteiger charge is -2.11. The van der Waals surface area contributed by atoms with Crippen LogP contribution in [0.2, 0.25) is 0 Å². The van der Waals surface area contributed by atoms with E-state index in [0.717, 1.165) is 49.1 Å². The van der Waals surface area contributed by atoms with E-state index < -0.39 is 28.6 Å². The molecule has 9 nitrogen and oxygen atoms in total. The van der Waals surface area contributed by atoms with E-state index >= 15 is 0 Å². The summed E-state index contributed by atoms with van der Waals surface area (Å²) in [4.78, 5) is 50.2. The van der Waals surface area contributed by atoms with Crippen molar-refractivity contribution in [2.24, 2.45) is 0 Å². The maximum absolute atomic E-state index is 12.7. The van der Waals surface area contributed by atoms with Crippen molar-refractivity contribution in [2.45, 2.75) is 30.6 Å². The van der Waals surface area contributed by atoms with Gasteiger partial charge in [-0.2, -0.15) is 0 Å². The van der Waals surface area contributed by atoms with Gasteiger partial charge in [0.05, 0.1) is 16.4 Å². The van der Waals surface area contributed by atoms with Crippen LogP contribution in [0.5, 0.6) is 0 Å². The SMILES string of the molecule is CCOC(=O)CN1C(=O)S/C(=C/c2cc(C)n(-c3ccc(Sc4ccc([N+](=O)[O-])cc4)cc3)c2C)C1=O. The normalized spacial score (nSPS) is 14.5. The van der Waals surface area contributed by atoms with Crippen LogP contribution >= 0.6 is 23.5 Å². The minimum absolute atomic E-state index is 0.0535. The van der Waals surface area contributed by atoms with Gasteiger partial charge in [0.2, 0.25) is 0 Å². The van der Waals surface area contributed by atoms with E-state index in [1.165, 1.54) is 23.9 Å². The van der Waals surface area contributed by atoms with E-state index in [1.807, 2.05) is 44.2 Å². The number of amides is 2. The second kappa shape index (κ2) is 11.1. The number of nitro groups is 1. The highest BCUT2D eigenvalue weighted by molar-refractivity contribution is 8.18. The largest absolute Gasteiger partial charge is 0.465 e. The van der Waals surface area contributed by atoms with Gasteiger partial charge in [0.25, 0.3) is 16.8 Å². The number of aromatic nitrogens is 1. The second-order valence-electron chi connectivity index (χ2n) is 8.08. The number of rotatable bonds is 8. The van der Waals surface area contributed by atoms with E-state index in [9.17, 15) is 24.5 Å². The Balaban J connectivity index is 1.52. The van der Waals surface area contributed by atoms with Crippen LogP contribution in [-0.2, 0) is 14.3 Å². The monoisotopic (exact) mass is 537 g/mol. The number of hydrogen-bond donors (Lipinski definition) is 0. The fourth-order valence-electron chi connectivity index (χ4n) is 3.88. The van der Waals surface area contributed by atoms with E-state index in [4.69, 9.17) is 4.74 Å². The molecule has 11 heteroatoms. The van der Waals surface area contributed by atoms with Gasteiger partial charge in [-0.15, -0.1) is 0 Å². The van der Waals surface area contributed by atoms with Crippen LogP contribution in [0, 0.1) is 24.0 Å². The quantitative estimate of drug-likeness (QED) is 0.154. The minimum Gasteiger partial charge on any atom is -0.465 e. The van der Waals surface area contributed by atoms with Crippen LogP contribution in [0.25, 0.3) is 11.8 Å². The Bertz CT molecular complexity index is 1410. The molecular formula is C26H23N3O6S2. The number of thioether (sulfide) groups is 1. The Morgan fingerprint density at radius 1 is 1.08 bits per heavy atom. The van der Waals surface area contributed by atoms with Crippen LogP contribution in [0.1, 0.15) is 23.9 Å². The highest BCUT2D eigenvalue weighted by Crippen LogP contribution is 2.34. The number of nitrogens with zero attached hydrogens (tertiary/aromatic N) is 3. The molecule has 1 aliphatic heterocycles. The third-order valence-corrected chi connectivity index (χ3v) is 7.52. The van der Waals surface area contributed by atoms with Crippen LogP contribution < -0.4 is 0 Å². The number of non-ortho nitro benzene ring substituents is 1. The van der Waals surface area contributed by atoms with Crippen molar-refractivity contribution < 1.29 is 24.0 Å². The van der Waals surface area contributed by atoms with Gasteiger partial charge in [-0.05, 0) is 86.6 Å². The maximum Gasteiger partial charge on any atom is 0.326 e. The van der Waals surface area contributed by atoms with E-state index in [0.29, 0.717) is 0 Å². The summed E-state index contributed by atoms with van der Waals surface area (Å²) in [7, 11) is 0. The predicted octanol–water partition coefficient (Wildman–Crippen LogP) is 5.75. The smallest absolute Gasteiger partial charge is 0.326 e. The third-order valence-electron chi connectivity index (χ3n) is 5.60. The number of imide groups is 1. The molecule has 0 unspecified atom stereocenters. The van der Waals surface area contributed by atoms with Crippen LogP contribution in [0.4, 0.5) is 10.5 Å². The fourth-order valence-corrected chi connectivity index (χ4v) is 5.53. The minimum atomic E-state index is -0.626. The number of ether oxygens (including phenoxy) is 1. The molecule has 1 aromatic heterocycles. The van der Waals surface area contributed by atoms with Gasteiger partial charge < -0.3 is 9.30 Å². The topological polar surface area (TPSA) is 112 Å². The first kappa shape index (κ1) is 26.2. The molecule has 190 valence electrons. The third kappa shape index (κ3) is 5.78. The van der Waals surface area contributed by atoms with Crippen molar-refractivity contribution in [3.05, 3.63) is 86.6 Å². The zero-order chi connectivity index (χ0) is 26.7. The molecule has 0 bridgehead atoms. The molecule has 3 aromatic rings. The number of carbonyl (C=O) groups excluding carboxylic acids is 3. The van der Waals surface area contributed by atoms with Crippen LogP contribution in [0.3, 0.4) is 0 Å². The van der Waals surface area contributed by atoms with Gasteiger partial charge >= 0.3 is 5.97 Å². The Kier molecular flexibility index (Phi) is 7.84. The maximum atomic E-state index is 12.7. The summed E-state index contributed by atoms with van der Waals surface area (Å²) < 4.78 is 6.90. The molecule has 4 rings (SSSR count). The lowest BCUT2D eigenvalue weighted by atomic mass is 10.2. The Morgan fingerprint density at radius 3 is 2.30 bits per heavy atom. The first-order valence-corrected chi connectivity index (χ1v) is 12.9. The molecule has 0 saturated carbocycles. The van der Waals surface area contributed by atoms with Crippen molar-refractivity contribution in [1.82, 2.24) is 9.47 Å². The first-order valence-electron chi connectivity index (χ1n) is 11.3. The second-order valence-corrected chi connectivity index (χ2v) is 10.2. The van der Waals surface area contributed by atoms with Crippen molar-refractivity contribution >= 4 is 52.4 Å². The highest BCUT2D eigenvalue weighted by Gasteiger charge is 2.36. The number of esters is 1. The van der Waals surface area contributed by atoms with Crippen molar-refractivity contribution in [3.63, 3.8) is 0 Å². The average Bonchev–Trinajstić information content (AvgIpc) is 3.29. The molecule has 1 aliphatic rings. The summed E-state index contributed by atoms with van der Waals surface area (Å²) in [6.45, 7) is 5.32. The number of aryl methyl sites for hydroxylation is 1. The fraction of sp³-hybridized carbons (Fsp3) is 0.192. The Morgan fingerprint density at radius 2 is 1.70 bits per heavy atom. The van der Waals surface area contributed by atoms with E-state index in [2.05, 4.69) is 4.57 Å². The molecule has 0 radical (unpaired) electrons. The summed E-state index contributed by atoms with van der Waals surface area (Å²) in [5.41, 5.74) is 3.62. The van der Waals surface area contributed by atoms with Crippen molar-refractivity contribution in [1.29, 1.82) is 0 Å².